The Hall–Kier alpha value is -1.98. The van der Waals surface area contributed by atoms with Crippen LogP contribution in [0.4, 0.5) is 0 Å². The maximum atomic E-state index is 12.4. The average Bonchev–Trinajstić information content (AvgIpc) is 2.62. The molecule has 1 aliphatic rings. The zero-order valence-electron chi connectivity index (χ0n) is 13.4. The lowest BCUT2D eigenvalue weighted by atomic mass is 9.86. The minimum absolute atomic E-state index is 0.0202. The summed E-state index contributed by atoms with van der Waals surface area (Å²) in [6.45, 7) is 1.46. The summed E-state index contributed by atoms with van der Waals surface area (Å²) in [4.78, 5) is 14.3. The lowest BCUT2D eigenvalue weighted by molar-refractivity contribution is 0.0677. The van der Waals surface area contributed by atoms with E-state index in [9.17, 15) is 4.79 Å². The summed E-state index contributed by atoms with van der Waals surface area (Å²) in [7, 11) is 0. The van der Waals surface area contributed by atoms with Gasteiger partial charge < -0.3 is 10.6 Å². The zero-order valence-corrected chi connectivity index (χ0v) is 14.2. The number of aromatic nitrogens is 2. The Kier molecular flexibility index (Phi) is 5.43. The van der Waals surface area contributed by atoms with Crippen molar-refractivity contribution >= 4 is 17.5 Å². The number of hydrogen-bond donors (Lipinski definition) is 1. The first kappa shape index (κ1) is 16.9. The zero-order chi connectivity index (χ0) is 16.9. The molecule has 1 aromatic heterocycles. The summed E-state index contributed by atoms with van der Waals surface area (Å²) >= 11 is 6.03. The third kappa shape index (κ3) is 4.10. The molecule has 0 aliphatic carbocycles. The molecule has 1 unspecified atom stereocenters. The number of hydrogen-bond acceptors (Lipinski definition) is 4. The van der Waals surface area contributed by atoms with Gasteiger partial charge in [-0.25, -0.2) is 0 Å². The van der Waals surface area contributed by atoms with Crippen molar-refractivity contribution in [2.24, 2.45) is 11.7 Å². The van der Waals surface area contributed by atoms with Gasteiger partial charge in [0.25, 0.3) is 5.91 Å². The molecule has 1 atom stereocenters. The fourth-order valence-corrected chi connectivity index (χ4v) is 3.45. The van der Waals surface area contributed by atoms with Crippen LogP contribution in [0.3, 0.4) is 0 Å². The first-order valence-corrected chi connectivity index (χ1v) is 8.57. The lowest BCUT2D eigenvalue weighted by Gasteiger charge is -2.34. The molecule has 0 bridgehead atoms. The number of likely N-dealkylation sites (tertiary alicyclic amines) is 1. The number of nitrogens with two attached hydrogens (primary N) is 1. The van der Waals surface area contributed by atoms with Crippen LogP contribution in [0.2, 0.25) is 5.02 Å². The standard InChI is InChI=1S/C18H21ClN4O/c19-16-3-1-2-13(10-16)11-17(20)14-5-8-23(9-6-14)18(24)15-4-7-21-22-12-15/h1-4,7,10,12,14,17H,5-6,8-9,11,20H2. The Morgan fingerprint density at radius 3 is 2.75 bits per heavy atom. The van der Waals surface area contributed by atoms with Gasteiger partial charge in [0, 0.05) is 24.2 Å². The molecular formula is C18H21ClN4O. The number of amides is 1. The van der Waals surface area contributed by atoms with Gasteiger partial charge in [-0.2, -0.15) is 10.2 Å². The van der Waals surface area contributed by atoms with Crippen molar-refractivity contribution in [3.8, 4) is 0 Å². The summed E-state index contributed by atoms with van der Waals surface area (Å²) in [5.74, 6) is 0.440. The summed E-state index contributed by atoms with van der Waals surface area (Å²) in [5, 5.41) is 8.22. The van der Waals surface area contributed by atoms with Crippen molar-refractivity contribution < 1.29 is 4.79 Å². The van der Waals surface area contributed by atoms with Crippen LogP contribution in [0.1, 0.15) is 28.8 Å². The van der Waals surface area contributed by atoms with Crippen LogP contribution in [0.15, 0.2) is 42.7 Å². The minimum atomic E-state index is 0.0202. The van der Waals surface area contributed by atoms with E-state index in [0.29, 0.717) is 11.5 Å². The van der Waals surface area contributed by atoms with Gasteiger partial charge in [-0.1, -0.05) is 23.7 Å². The quantitative estimate of drug-likeness (QED) is 0.925. The molecule has 1 aliphatic heterocycles. The largest absolute Gasteiger partial charge is 0.339 e. The summed E-state index contributed by atoms with van der Waals surface area (Å²) in [6.07, 6.45) is 5.71. The van der Waals surface area contributed by atoms with E-state index in [4.69, 9.17) is 17.3 Å². The topological polar surface area (TPSA) is 72.1 Å². The van der Waals surface area contributed by atoms with Crippen molar-refractivity contribution in [2.75, 3.05) is 13.1 Å². The molecule has 2 N–H and O–H groups in total. The van der Waals surface area contributed by atoms with Crippen molar-refractivity contribution in [1.29, 1.82) is 0 Å². The third-order valence-electron chi connectivity index (χ3n) is 4.62. The summed E-state index contributed by atoms with van der Waals surface area (Å²) in [6, 6.07) is 9.63. The lowest BCUT2D eigenvalue weighted by Crippen LogP contribution is -2.44. The van der Waals surface area contributed by atoms with Crippen LogP contribution in [0, 0.1) is 5.92 Å². The van der Waals surface area contributed by atoms with E-state index >= 15 is 0 Å². The average molecular weight is 345 g/mol. The molecule has 0 saturated carbocycles. The van der Waals surface area contributed by atoms with Crippen molar-refractivity contribution in [3.05, 3.63) is 58.9 Å². The van der Waals surface area contributed by atoms with Crippen molar-refractivity contribution in [1.82, 2.24) is 15.1 Å². The number of piperidine rings is 1. The van der Waals surface area contributed by atoms with E-state index in [1.165, 1.54) is 6.20 Å². The van der Waals surface area contributed by atoms with Gasteiger partial charge in [-0.05, 0) is 48.9 Å². The van der Waals surface area contributed by atoms with Gasteiger partial charge in [0.1, 0.15) is 0 Å². The second kappa shape index (κ2) is 7.73. The number of benzene rings is 1. The van der Waals surface area contributed by atoms with Gasteiger partial charge >= 0.3 is 0 Å². The van der Waals surface area contributed by atoms with E-state index < -0.39 is 0 Å². The predicted octanol–water partition coefficient (Wildman–Crippen LogP) is 2.55. The van der Waals surface area contributed by atoms with E-state index in [-0.39, 0.29) is 11.9 Å². The normalized spacial score (nSPS) is 16.8. The highest BCUT2D eigenvalue weighted by molar-refractivity contribution is 6.30. The Morgan fingerprint density at radius 1 is 1.29 bits per heavy atom. The van der Waals surface area contributed by atoms with Gasteiger partial charge in [-0.15, -0.1) is 0 Å². The Morgan fingerprint density at radius 2 is 2.08 bits per heavy atom. The maximum absolute atomic E-state index is 12.4. The van der Waals surface area contributed by atoms with E-state index in [0.717, 1.165) is 42.9 Å². The molecule has 0 spiro atoms. The minimum Gasteiger partial charge on any atom is -0.339 e. The molecule has 2 heterocycles. The van der Waals surface area contributed by atoms with Gasteiger partial charge in [0.15, 0.2) is 0 Å². The summed E-state index contributed by atoms with van der Waals surface area (Å²) in [5.41, 5.74) is 8.15. The molecule has 0 radical (unpaired) electrons. The highest BCUT2D eigenvalue weighted by Crippen LogP contribution is 2.23. The van der Waals surface area contributed by atoms with Crippen LogP contribution in [-0.2, 0) is 6.42 Å². The summed E-state index contributed by atoms with van der Waals surface area (Å²) < 4.78 is 0. The molecule has 126 valence electrons. The Balaban J connectivity index is 1.54. The fourth-order valence-electron chi connectivity index (χ4n) is 3.23. The van der Waals surface area contributed by atoms with Crippen LogP contribution in [-0.4, -0.2) is 40.1 Å². The molecule has 2 aromatic rings. The monoisotopic (exact) mass is 344 g/mol. The predicted molar refractivity (Wildman–Crippen MR) is 93.8 cm³/mol. The molecule has 1 amide bonds. The smallest absolute Gasteiger partial charge is 0.255 e. The van der Waals surface area contributed by atoms with Crippen LogP contribution < -0.4 is 5.73 Å². The first-order valence-electron chi connectivity index (χ1n) is 8.19. The number of halogens is 1. The molecule has 1 aromatic carbocycles. The highest BCUT2D eigenvalue weighted by Gasteiger charge is 2.27. The van der Waals surface area contributed by atoms with E-state index in [1.54, 1.807) is 12.3 Å². The second-order valence-corrected chi connectivity index (χ2v) is 6.70. The number of carbonyl (C=O) groups is 1. The van der Waals surface area contributed by atoms with E-state index in [2.05, 4.69) is 16.3 Å². The fraction of sp³-hybridized carbons (Fsp3) is 0.389. The highest BCUT2D eigenvalue weighted by atomic mass is 35.5. The third-order valence-corrected chi connectivity index (χ3v) is 4.86. The molecule has 3 rings (SSSR count). The maximum Gasteiger partial charge on any atom is 0.255 e. The van der Waals surface area contributed by atoms with Gasteiger partial charge in [0.2, 0.25) is 0 Å². The second-order valence-electron chi connectivity index (χ2n) is 6.26. The van der Waals surface area contributed by atoms with Gasteiger partial charge in [-0.3, -0.25) is 4.79 Å². The molecule has 1 fully saturated rings. The molecular weight excluding hydrogens is 324 g/mol. The van der Waals surface area contributed by atoms with Gasteiger partial charge in [0.05, 0.1) is 18.0 Å². The molecule has 24 heavy (non-hydrogen) atoms. The Bertz CT molecular complexity index is 686. The molecule has 6 heteroatoms. The number of nitrogens with zero attached hydrogens (tertiary/aromatic N) is 3. The molecule has 1 saturated heterocycles. The van der Waals surface area contributed by atoms with Crippen molar-refractivity contribution in [3.63, 3.8) is 0 Å². The van der Waals surface area contributed by atoms with E-state index in [1.807, 2.05) is 23.1 Å². The van der Waals surface area contributed by atoms with Crippen molar-refractivity contribution in [2.45, 2.75) is 25.3 Å². The number of rotatable bonds is 4. The SMILES string of the molecule is NC(Cc1cccc(Cl)c1)C1CCN(C(=O)c2ccnnc2)CC1. The first-order chi connectivity index (χ1) is 11.6. The Labute approximate surface area is 146 Å². The van der Waals surface area contributed by atoms with Crippen LogP contribution >= 0.6 is 11.6 Å². The van der Waals surface area contributed by atoms with Crippen LogP contribution in [0.5, 0.6) is 0 Å². The van der Waals surface area contributed by atoms with Crippen LogP contribution in [0.25, 0.3) is 0 Å². The number of carbonyl (C=O) groups excluding carboxylic acids is 1. The molecule has 5 nitrogen and oxygen atoms in total.